The van der Waals surface area contributed by atoms with E-state index in [2.05, 4.69) is 41.9 Å². The lowest BCUT2D eigenvalue weighted by molar-refractivity contribution is 0.148. The van der Waals surface area contributed by atoms with Gasteiger partial charge in [0.1, 0.15) is 12.4 Å². The smallest absolute Gasteiger partial charge is 0.221 e. The van der Waals surface area contributed by atoms with Crippen LogP contribution < -0.4 is 4.74 Å². The molecule has 0 spiro atoms. The monoisotopic (exact) mass is 411 g/mol. The van der Waals surface area contributed by atoms with Crippen LogP contribution in [0.3, 0.4) is 0 Å². The molecule has 164 valence electrons. The Morgan fingerprint density at radius 3 is 2.53 bits per heavy atom. The Kier molecular flexibility index (Phi) is 7.45. The fourth-order valence-electron chi connectivity index (χ4n) is 4.75. The summed E-state index contributed by atoms with van der Waals surface area (Å²) in [6.07, 6.45) is 9.82. The van der Waals surface area contributed by atoms with Crippen LogP contribution in [0, 0.1) is 0 Å². The molecule has 30 heavy (non-hydrogen) atoms. The molecule has 3 aliphatic heterocycles. The number of hydrogen-bond donors (Lipinski definition) is 0. The molecule has 3 aliphatic rings. The van der Waals surface area contributed by atoms with Crippen molar-refractivity contribution in [2.24, 2.45) is 4.99 Å². The van der Waals surface area contributed by atoms with E-state index in [4.69, 9.17) is 14.5 Å². The van der Waals surface area contributed by atoms with Crippen molar-refractivity contribution in [3.8, 4) is 5.75 Å². The Morgan fingerprint density at radius 1 is 1.00 bits per heavy atom. The average molecular weight is 412 g/mol. The molecule has 0 aliphatic carbocycles. The summed E-state index contributed by atoms with van der Waals surface area (Å²) in [5, 5.41) is 0. The number of likely N-dealkylation sites (tertiary alicyclic amines) is 2. The third-order valence-corrected chi connectivity index (χ3v) is 6.74. The number of aliphatic imine (C=N–C) groups is 1. The van der Waals surface area contributed by atoms with E-state index in [1.54, 1.807) is 0 Å². The molecular weight excluding hydrogens is 374 g/mol. The molecule has 4 rings (SSSR count). The van der Waals surface area contributed by atoms with Crippen molar-refractivity contribution in [2.75, 3.05) is 39.4 Å². The SMILES string of the molecule is CC1CCCCN1CCCOc1ccc(C2=NC(CN3CCCC3C)=CCO2)cc1. The first-order chi connectivity index (χ1) is 14.7. The molecule has 5 heteroatoms. The van der Waals surface area contributed by atoms with Crippen LogP contribution in [0.25, 0.3) is 0 Å². The molecule has 2 saturated heterocycles. The first-order valence-electron chi connectivity index (χ1n) is 11.8. The molecule has 0 N–H and O–H groups in total. The quantitative estimate of drug-likeness (QED) is 0.591. The highest BCUT2D eigenvalue weighted by Gasteiger charge is 2.22. The number of ether oxygens (including phenoxy) is 2. The summed E-state index contributed by atoms with van der Waals surface area (Å²) in [7, 11) is 0. The molecule has 0 saturated carbocycles. The van der Waals surface area contributed by atoms with E-state index < -0.39 is 0 Å². The highest BCUT2D eigenvalue weighted by atomic mass is 16.5. The Bertz CT molecular complexity index is 743. The third kappa shape index (κ3) is 5.64. The zero-order valence-corrected chi connectivity index (χ0v) is 18.7. The summed E-state index contributed by atoms with van der Waals surface area (Å²) in [5.41, 5.74) is 2.14. The summed E-state index contributed by atoms with van der Waals surface area (Å²) in [6, 6.07) is 9.56. The van der Waals surface area contributed by atoms with Gasteiger partial charge in [-0.1, -0.05) is 6.42 Å². The first kappa shape index (κ1) is 21.4. The number of rotatable bonds is 8. The molecule has 1 aromatic carbocycles. The molecule has 0 amide bonds. The Morgan fingerprint density at radius 2 is 1.77 bits per heavy atom. The van der Waals surface area contributed by atoms with E-state index in [1.807, 2.05) is 12.1 Å². The largest absolute Gasteiger partial charge is 0.494 e. The Balaban J connectivity index is 1.25. The van der Waals surface area contributed by atoms with Gasteiger partial charge in [0.2, 0.25) is 5.90 Å². The van der Waals surface area contributed by atoms with Crippen LogP contribution in [0.4, 0.5) is 0 Å². The van der Waals surface area contributed by atoms with Crippen molar-refractivity contribution in [3.63, 3.8) is 0 Å². The maximum Gasteiger partial charge on any atom is 0.221 e. The molecule has 2 unspecified atom stereocenters. The molecule has 2 fully saturated rings. The molecule has 2 atom stereocenters. The van der Waals surface area contributed by atoms with Crippen molar-refractivity contribution < 1.29 is 9.47 Å². The molecule has 0 aromatic heterocycles. The second kappa shape index (κ2) is 10.5. The fourth-order valence-corrected chi connectivity index (χ4v) is 4.75. The van der Waals surface area contributed by atoms with Crippen LogP contribution in [0.15, 0.2) is 41.0 Å². The van der Waals surface area contributed by atoms with E-state index in [1.165, 1.54) is 45.2 Å². The van der Waals surface area contributed by atoms with Gasteiger partial charge in [-0.05, 0) is 89.4 Å². The normalized spacial score (nSPS) is 25.5. The minimum Gasteiger partial charge on any atom is -0.494 e. The lowest BCUT2D eigenvalue weighted by atomic mass is 10.0. The highest BCUT2D eigenvalue weighted by Crippen LogP contribution is 2.21. The molecule has 5 nitrogen and oxygen atoms in total. The van der Waals surface area contributed by atoms with Crippen molar-refractivity contribution >= 4 is 5.90 Å². The van der Waals surface area contributed by atoms with E-state index in [0.717, 1.165) is 55.1 Å². The summed E-state index contributed by atoms with van der Waals surface area (Å²) in [4.78, 5) is 9.89. The van der Waals surface area contributed by atoms with Crippen molar-refractivity contribution in [1.29, 1.82) is 0 Å². The average Bonchev–Trinajstić information content (AvgIpc) is 3.17. The van der Waals surface area contributed by atoms with Gasteiger partial charge >= 0.3 is 0 Å². The van der Waals surface area contributed by atoms with Crippen LogP contribution in [-0.4, -0.2) is 67.2 Å². The zero-order chi connectivity index (χ0) is 20.8. The van der Waals surface area contributed by atoms with Gasteiger partial charge in [-0.25, -0.2) is 4.99 Å². The number of nitrogens with zero attached hydrogens (tertiary/aromatic N) is 3. The topological polar surface area (TPSA) is 37.3 Å². The predicted molar refractivity (Wildman–Crippen MR) is 122 cm³/mol. The molecule has 3 heterocycles. The van der Waals surface area contributed by atoms with Gasteiger partial charge in [0.25, 0.3) is 0 Å². The van der Waals surface area contributed by atoms with Gasteiger partial charge in [0.15, 0.2) is 0 Å². The minimum atomic E-state index is 0.601. The summed E-state index contributed by atoms with van der Waals surface area (Å²) in [6.45, 7) is 10.5. The number of hydrogen-bond acceptors (Lipinski definition) is 5. The van der Waals surface area contributed by atoms with Gasteiger partial charge in [-0.3, -0.25) is 4.90 Å². The van der Waals surface area contributed by atoms with Gasteiger partial charge < -0.3 is 14.4 Å². The summed E-state index contributed by atoms with van der Waals surface area (Å²) >= 11 is 0. The van der Waals surface area contributed by atoms with Crippen LogP contribution in [0.2, 0.25) is 0 Å². The van der Waals surface area contributed by atoms with Gasteiger partial charge in [0.05, 0.1) is 12.3 Å². The number of piperidine rings is 1. The van der Waals surface area contributed by atoms with E-state index in [-0.39, 0.29) is 0 Å². The molecular formula is C25H37N3O2. The van der Waals surface area contributed by atoms with Crippen LogP contribution in [-0.2, 0) is 4.74 Å². The highest BCUT2D eigenvalue weighted by molar-refractivity contribution is 5.95. The lowest BCUT2D eigenvalue weighted by Crippen LogP contribution is -2.38. The summed E-state index contributed by atoms with van der Waals surface area (Å²) < 4.78 is 11.8. The second-order valence-corrected chi connectivity index (χ2v) is 8.99. The predicted octanol–water partition coefficient (Wildman–Crippen LogP) is 4.47. The molecule has 0 bridgehead atoms. The van der Waals surface area contributed by atoms with E-state index >= 15 is 0 Å². The standard InChI is InChI=1S/C25H37N3O2/c1-20-7-3-4-14-27(20)16-6-17-29-24-11-9-22(10-12-24)25-26-23(13-18-30-25)19-28-15-5-8-21(28)2/h9-13,20-21H,3-8,14-19H2,1-2H3. The Labute approximate surface area is 181 Å². The van der Waals surface area contributed by atoms with Gasteiger partial charge in [-0.2, -0.15) is 0 Å². The fraction of sp³-hybridized carbons (Fsp3) is 0.640. The second-order valence-electron chi connectivity index (χ2n) is 8.99. The van der Waals surface area contributed by atoms with Crippen molar-refractivity contribution in [2.45, 2.75) is 64.5 Å². The maximum atomic E-state index is 5.97. The van der Waals surface area contributed by atoms with Gasteiger partial charge in [0, 0.05) is 30.7 Å². The van der Waals surface area contributed by atoms with Gasteiger partial charge in [-0.15, -0.1) is 0 Å². The number of benzene rings is 1. The molecule has 1 aromatic rings. The molecule has 0 radical (unpaired) electrons. The maximum absolute atomic E-state index is 5.97. The van der Waals surface area contributed by atoms with Crippen molar-refractivity contribution in [1.82, 2.24) is 9.80 Å². The first-order valence-corrected chi connectivity index (χ1v) is 11.8. The van der Waals surface area contributed by atoms with Crippen molar-refractivity contribution in [3.05, 3.63) is 41.6 Å². The zero-order valence-electron chi connectivity index (χ0n) is 18.7. The van der Waals surface area contributed by atoms with Crippen LogP contribution >= 0.6 is 0 Å². The Hall–Kier alpha value is -1.85. The summed E-state index contributed by atoms with van der Waals surface area (Å²) in [5.74, 6) is 1.65. The van der Waals surface area contributed by atoms with Crippen LogP contribution in [0.1, 0.15) is 57.9 Å². The van der Waals surface area contributed by atoms with E-state index in [9.17, 15) is 0 Å². The van der Waals surface area contributed by atoms with E-state index in [0.29, 0.717) is 12.6 Å². The van der Waals surface area contributed by atoms with Crippen LogP contribution in [0.5, 0.6) is 5.75 Å². The third-order valence-electron chi connectivity index (χ3n) is 6.74. The minimum absolute atomic E-state index is 0.601. The lowest BCUT2D eigenvalue weighted by Gasteiger charge is -2.33.